The minimum absolute atomic E-state index is 0.0745. The van der Waals surface area contributed by atoms with Crippen LogP contribution in [0.3, 0.4) is 0 Å². The van der Waals surface area contributed by atoms with Gasteiger partial charge in [0, 0.05) is 29.1 Å². The Bertz CT molecular complexity index is 1140. The Balaban J connectivity index is 1.91. The van der Waals surface area contributed by atoms with E-state index in [0.717, 1.165) is 11.1 Å². The summed E-state index contributed by atoms with van der Waals surface area (Å²) in [6, 6.07) is 21.1. The number of nitrogens with zero attached hydrogens (tertiary/aromatic N) is 1. The third-order valence-electron chi connectivity index (χ3n) is 5.21. The number of hydrogen-bond acceptors (Lipinski definition) is 3. The van der Waals surface area contributed by atoms with Gasteiger partial charge < -0.3 is 15.0 Å². The molecule has 5 nitrogen and oxygen atoms in total. The lowest BCUT2D eigenvalue weighted by atomic mass is 10.0. The lowest BCUT2D eigenvalue weighted by Gasteiger charge is -2.32. The van der Waals surface area contributed by atoms with Crippen LogP contribution in [0, 0.1) is 0 Å². The summed E-state index contributed by atoms with van der Waals surface area (Å²) in [6.07, 6.45) is 0.364. The molecule has 35 heavy (non-hydrogen) atoms. The lowest BCUT2D eigenvalue weighted by Crippen LogP contribution is -2.52. The maximum absolute atomic E-state index is 13.5. The topological polar surface area (TPSA) is 58.6 Å². The Morgan fingerprint density at radius 3 is 2.23 bits per heavy atom. The fraction of sp³-hybridized carbons (Fsp3) is 0.259. The number of carbonyl (C=O) groups excluding carboxylic acids is 2. The molecule has 0 aromatic heterocycles. The Morgan fingerprint density at radius 1 is 0.943 bits per heavy atom. The summed E-state index contributed by atoms with van der Waals surface area (Å²) < 4.78 is 6.44. The van der Waals surface area contributed by atoms with Gasteiger partial charge in [0.05, 0.1) is 4.47 Å². The SMILES string of the molecule is CC(C)NC(=O)[C@H](Cc1ccccc1)N(Cc1ccc(Cl)cc1)C(=O)COc1ccc(Cl)cc1Br. The highest BCUT2D eigenvalue weighted by Crippen LogP contribution is 2.28. The summed E-state index contributed by atoms with van der Waals surface area (Å²) in [5.74, 6) is -0.0547. The van der Waals surface area contributed by atoms with Gasteiger partial charge in [-0.25, -0.2) is 0 Å². The number of hydrogen-bond donors (Lipinski definition) is 1. The van der Waals surface area contributed by atoms with Crippen molar-refractivity contribution in [3.05, 3.63) is 98.4 Å². The first-order chi connectivity index (χ1) is 16.7. The third kappa shape index (κ3) is 8.27. The Labute approximate surface area is 224 Å². The average molecular weight is 578 g/mol. The van der Waals surface area contributed by atoms with Gasteiger partial charge in [0.25, 0.3) is 5.91 Å². The highest BCUT2D eigenvalue weighted by atomic mass is 79.9. The second-order valence-corrected chi connectivity index (χ2v) is 10.1. The van der Waals surface area contributed by atoms with Crippen LogP contribution in [0.1, 0.15) is 25.0 Å². The molecule has 0 aliphatic heterocycles. The average Bonchev–Trinajstić information content (AvgIpc) is 2.82. The highest BCUT2D eigenvalue weighted by Gasteiger charge is 2.31. The monoisotopic (exact) mass is 576 g/mol. The zero-order valence-corrected chi connectivity index (χ0v) is 22.6. The summed E-state index contributed by atoms with van der Waals surface area (Å²) in [5.41, 5.74) is 1.80. The van der Waals surface area contributed by atoms with Crippen molar-refractivity contribution in [1.82, 2.24) is 10.2 Å². The summed E-state index contributed by atoms with van der Waals surface area (Å²) in [5, 5.41) is 4.11. The van der Waals surface area contributed by atoms with Crippen molar-refractivity contribution in [2.24, 2.45) is 0 Å². The summed E-state index contributed by atoms with van der Waals surface area (Å²) in [7, 11) is 0. The number of rotatable bonds is 10. The third-order valence-corrected chi connectivity index (χ3v) is 6.32. The zero-order chi connectivity index (χ0) is 25.4. The molecule has 0 fully saturated rings. The van der Waals surface area contributed by atoms with Crippen LogP contribution in [0.2, 0.25) is 10.0 Å². The normalized spacial score (nSPS) is 11.7. The molecule has 0 aliphatic carbocycles. The molecule has 1 N–H and O–H groups in total. The first-order valence-electron chi connectivity index (χ1n) is 11.2. The molecule has 3 rings (SSSR count). The first kappa shape index (κ1) is 27.1. The highest BCUT2D eigenvalue weighted by molar-refractivity contribution is 9.10. The van der Waals surface area contributed by atoms with E-state index >= 15 is 0 Å². The van der Waals surface area contributed by atoms with Crippen LogP contribution < -0.4 is 10.1 Å². The number of ether oxygens (including phenoxy) is 1. The van der Waals surface area contributed by atoms with Gasteiger partial charge in [-0.2, -0.15) is 0 Å². The van der Waals surface area contributed by atoms with Crippen LogP contribution in [0.4, 0.5) is 0 Å². The van der Waals surface area contributed by atoms with Crippen LogP contribution in [-0.2, 0) is 22.6 Å². The molecule has 3 aromatic carbocycles. The molecular formula is C27H27BrCl2N2O3. The van der Waals surface area contributed by atoms with Crippen molar-refractivity contribution in [2.45, 2.75) is 38.9 Å². The fourth-order valence-corrected chi connectivity index (χ4v) is 4.46. The van der Waals surface area contributed by atoms with Gasteiger partial charge in [-0.05, 0) is 71.2 Å². The maximum atomic E-state index is 13.5. The standard InChI is InChI=1S/C27H27BrCl2N2O3/c1-18(2)31-27(34)24(14-19-6-4-3-5-7-19)32(16-20-8-10-21(29)11-9-20)26(33)17-35-25-13-12-22(30)15-23(25)28/h3-13,15,18,24H,14,16-17H2,1-2H3,(H,31,34)/t24-/m0/s1. The molecule has 1 atom stereocenters. The smallest absolute Gasteiger partial charge is 0.261 e. The van der Waals surface area contributed by atoms with Gasteiger partial charge in [0.2, 0.25) is 5.91 Å². The molecule has 2 amide bonds. The van der Waals surface area contributed by atoms with E-state index in [0.29, 0.717) is 26.7 Å². The van der Waals surface area contributed by atoms with Crippen LogP contribution in [0.5, 0.6) is 5.75 Å². The summed E-state index contributed by atoms with van der Waals surface area (Å²) >= 11 is 15.5. The van der Waals surface area contributed by atoms with Crippen molar-refractivity contribution >= 4 is 50.9 Å². The molecule has 0 saturated heterocycles. The molecule has 0 bridgehead atoms. The second-order valence-electron chi connectivity index (χ2n) is 8.38. The van der Waals surface area contributed by atoms with Gasteiger partial charge in [-0.15, -0.1) is 0 Å². The summed E-state index contributed by atoms with van der Waals surface area (Å²) in [6.45, 7) is 3.77. The Morgan fingerprint density at radius 2 is 1.60 bits per heavy atom. The minimum atomic E-state index is -0.736. The summed E-state index contributed by atoms with van der Waals surface area (Å²) in [4.78, 5) is 28.4. The number of nitrogens with one attached hydrogen (secondary N) is 1. The Kier molecular flexibility index (Phi) is 10.0. The predicted molar refractivity (Wildman–Crippen MR) is 144 cm³/mol. The van der Waals surface area contributed by atoms with Crippen LogP contribution in [-0.4, -0.2) is 35.4 Å². The molecule has 8 heteroatoms. The first-order valence-corrected chi connectivity index (χ1v) is 12.7. The quantitative estimate of drug-likeness (QED) is 0.308. The van der Waals surface area contributed by atoms with Gasteiger partial charge in [-0.1, -0.05) is 65.7 Å². The van der Waals surface area contributed by atoms with Gasteiger partial charge >= 0.3 is 0 Å². The molecule has 184 valence electrons. The molecule has 0 spiro atoms. The van der Waals surface area contributed by atoms with Crippen LogP contribution >= 0.6 is 39.1 Å². The molecule has 0 aliphatic rings. The molecule has 0 heterocycles. The lowest BCUT2D eigenvalue weighted by molar-refractivity contribution is -0.143. The number of halogens is 3. The van der Waals surface area contributed by atoms with E-state index in [1.807, 2.05) is 56.3 Å². The molecule has 0 unspecified atom stereocenters. The van der Waals surface area contributed by atoms with E-state index in [4.69, 9.17) is 27.9 Å². The largest absolute Gasteiger partial charge is 0.483 e. The van der Waals surface area contributed by atoms with E-state index in [-0.39, 0.29) is 31.0 Å². The number of benzene rings is 3. The minimum Gasteiger partial charge on any atom is -0.483 e. The van der Waals surface area contributed by atoms with E-state index in [2.05, 4.69) is 21.2 Å². The van der Waals surface area contributed by atoms with Crippen molar-refractivity contribution in [3.8, 4) is 5.75 Å². The Hall–Kier alpha value is -2.54. The maximum Gasteiger partial charge on any atom is 0.261 e. The molecule has 0 saturated carbocycles. The van der Waals surface area contributed by atoms with Gasteiger partial charge in [0.1, 0.15) is 11.8 Å². The fourth-order valence-electron chi connectivity index (χ4n) is 3.54. The number of carbonyl (C=O) groups is 2. The van der Waals surface area contributed by atoms with E-state index in [1.165, 1.54) is 0 Å². The molecule has 0 radical (unpaired) electrons. The number of amides is 2. The van der Waals surface area contributed by atoms with Crippen LogP contribution in [0.25, 0.3) is 0 Å². The molecular weight excluding hydrogens is 551 g/mol. The van der Waals surface area contributed by atoms with E-state index in [1.54, 1.807) is 35.2 Å². The van der Waals surface area contributed by atoms with Crippen molar-refractivity contribution in [3.63, 3.8) is 0 Å². The van der Waals surface area contributed by atoms with E-state index in [9.17, 15) is 9.59 Å². The second kappa shape index (κ2) is 13.0. The van der Waals surface area contributed by atoms with Gasteiger partial charge in [-0.3, -0.25) is 9.59 Å². The zero-order valence-electron chi connectivity index (χ0n) is 19.5. The van der Waals surface area contributed by atoms with Gasteiger partial charge in [0.15, 0.2) is 6.61 Å². The van der Waals surface area contributed by atoms with E-state index < -0.39 is 6.04 Å². The predicted octanol–water partition coefficient (Wildman–Crippen LogP) is 6.30. The molecule has 3 aromatic rings. The van der Waals surface area contributed by atoms with Crippen molar-refractivity contribution in [1.29, 1.82) is 0 Å². The van der Waals surface area contributed by atoms with Crippen molar-refractivity contribution < 1.29 is 14.3 Å². The van der Waals surface area contributed by atoms with Crippen molar-refractivity contribution in [2.75, 3.05) is 6.61 Å². The van der Waals surface area contributed by atoms with Crippen LogP contribution in [0.15, 0.2) is 77.3 Å².